The summed E-state index contributed by atoms with van der Waals surface area (Å²) in [5.41, 5.74) is 5.13. The van der Waals surface area contributed by atoms with Crippen LogP contribution in [0.15, 0.2) is 0 Å². The molecule has 2 aliphatic rings. The summed E-state index contributed by atoms with van der Waals surface area (Å²) >= 11 is 0. The number of hydrogen-bond acceptors (Lipinski definition) is 5. The number of carbonyl (C=O) groups is 2. The molecule has 0 aliphatic carbocycles. The molecule has 3 heterocycles. The fraction of sp³-hybridized carbons (Fsp3) is 0.778. The molecule has 2 saturated heterocycles. The van der Waals surface area contributed by atoms with Gasteiger partial charge in [-0.05, 0) is 45.7 Å². The number of carbonyl (C=O) groups excluding carboxylic acids is 2. The van der Waals surface area contributed by atoms with Crippen LogP contribution in [0.2, 0.25) is 0 Å². The first kappa shape index (κ1) is 18.8. The van der Waals surface area contributed by atoms with E-state index in [1.165, 1.54) is 12.8 Å². The molecule has 0 unspecified atom stereocenters. The summed E-state index contributed by atoms with van der Waals surface area (Å²) in [7, 11) is 0. The van der Waals surface area contributed by atoms with Crippen molar-refractivity contribution in [2.24, 2.45) is 5.73 Å². The summed E-state index contributed by atoms with van der Waals surface area (Å²) in [6, 6.07) is 0. The molecule has 2 amide bonds. The highest BCUT2D eigenvalue weighted by Crippen LogP contribution is 2.28. The number of likely N-dealkylation sites (tertiary alicyclic amines) is 2. The molecular formula is C18H30N6O2. The SMILES string of the molecule is CCn1c(CN2CCCC2)nnc1C1CCN(C(=O)CCC(N)=O)CC1. The Hall–Kier alpha value is -1.96. The summed E-state index contributed by atoms with van der Waals surface area (Å²) in [5, 5.41) is 8.97. The van der Waals surface area contributed by atoms with E-state index >= 15 is 0 Å². The molecule has 0 aromatic carbocycles. The summed E-state index contributed by atoms with van der Waals surface area (Å²) in [6.45, 7) is 7.62. The molecule has 0 spiro atoms. The van der Waals surface area contributed by atoms with Crippen LogP contribution < -0.4 is 5.73 Å². The number of primary amides is 1. The quantitative estimate of drug-likeness (QED) is 0.776. The van der Waals surface area contributed by atoms with Gasteiger partial charge in [0.25, 0.3) is 0 Å². The Morgan fingerprint density at radius 2 is 1.77 bits per heavy atom. The highest BCUT2D eigenvalue weighted by Gasteiger charge is 2.28. The van der Waals surface area contributed by atoms with E-state index in [1.807, 2.05) is 4.90 Å². The number of nitrogens with zero attached hydrogens (tertiary/aromatic N) is 5. The number of amides is 2. The summed E-state index contributed by atoms with van der Waals surface area (Å²) in [5.74, 6) is 2.06. The van der Waals surface area contributed by atoms with Crippen molar-refractivity contribution in [3.8, 4) is 0 Å². The predicted octanol–water partition coefficient (Wildman–Crippen LogP) is 0.865. The van der Waals surface area contributed by atoms with Crippen LogP contribution in [-0.4, -0.2) is 62.6 Å². The van der Waals surface area contributed by atoms with Gasteiger partial charge in [0.05, 0.1) is 6.54 Å². The first-order valence-corrected chi connectivity index (χ1v) is 9.79. The van der Waals surface area contributed by atoms with Crippen molar-refractivity contribution in [2.75, 3.05) is 26.2 Å². The smallest absolute Gasteiger partial charge is 0.223 e. The molecule has 3 rings (SSSR count). The minimum Gasteiger partial charge on any atom is -0.370 e. The zero-order valence-electron chi connectivity index (χ0n) is 15.7. The lowest BCUT2D eigenvalue weighted by Gasteiger charge is -2.31. The second-order valence-electron chi connectivity index (χ2n) is 7.32. The maximum absolute atomic E-state index is 12.1. The lowest BCUT2D eigenvalue weighted by atomic mass is 9.95. The Labute approximate surface area is 154 Å². The molecule has 2 N–H and O–H groups in total. The molecule has 0 saturated carbocycles. The van der Waals surface area contributed by atoms with Crippen molar-refractivity contribution in [1.29, 1.82) is 0 Å². The number of rotatable bonds is 7. The van der Waals surface area contributed by atoms with Crippen molar-refractivity contribution in [1.82, 2.24) is 24.6 Å². The van der Waals surface area contributed by atoms with Crippen LogP contribution in [0.4, 0.5) is 0 Å². The molecule has 8 heteroatoms. The van der Waals surface area contributed by atoms with Crippen molar-refractivity contribution in [3.63, 3.8) is 0 Å². The predicted molar refractivity (Wildman–Crippen MR) is 97.2 cm³/mol. The Morgan fingerprint density at radius 3 is 2.38 bits per heavy atom. The topological polar surface area (TPSA) is 97.3 Å². The molecular weight excluding hydrogens is 332 g/mol. The van der Waals surface area contributed by atoms with E-state index in [4.69, 9.17) is 5.73 Å². The van der Waals surface area contributed by atoms with Gasteiger partial charge >= 0.3 is 0 Å². The van der Waals surface area contributed by atoms with Crippen molar-refractivity contribution < 1.29 is 9.59 Å². The molecule has 26 heavy (non-hydrogen) atoms. The van der Waals surface area contributed by atoms with Crippen LogP contribution in [-0.2, 0) is 22.7 Å². The van der Waals surface area contributed by atoms with E-state index < -0.39 is 5.91 Å². The standard InChI is InChI=1S/C18H30N6O2/c1-2-24-16(13-22-9-3-4-10-22)20-21-18(24)14-7-11-23(12-8-14)17(26)6-5-15(19)25/h14H,2-13H2,1H3,(H2,19,25). The molecule has 1 aromatic heterocycles. The van der Waals surface area contributed by atoms with Crippen LogP contribution in [0.5, 0.6) is 0 Å². The fourth-order valence-electron chi connectivity index (χ4n) is 4.03. The average molecular weight is 362 g/mol. The van der Waals surface area contributed by atoms with Crippen molar-refractivity contribution in [2.45, 2.75) is 64.5 Å². The highest BCUT2D eigenvalue weighted by atomic mass is 16.2. The Bertz CT molecular complexity index is 630. The lowest BCUT2D eigenvalue weighted by Crippen LogP contribution is -2.38. The molecule has 144 valence electrons. The van der Waals surface area contributed by atoms with Gasteiger partial charge in [-0.2, -0.15) is 0 Å². The maximum atomic E-state index is 12.1. The summed E-state index contributed by atoms with van der Waals surface area (Å²) in [4.78, 5) is 27.3. The Balaban J connectivity index is 1.57. The number of nitrogens with two attached hydrogens (primary N) is 1. The minimum absolute atomic E-state index is 0.0222. The van der Waals surface area contributed by atoms with E-state index in [-0.39, 0.29) is 18.7 Å². The van der Waals surface area contributed by atoms with Gasteiger partial charge in [0, 0.05) is 38.4 Å². The third-order valence-corrected chi connectivity index (χ3v) is 5.53. The molecule has 8 nitrogen and oxygen atoms in total. The van der Waals surface area contributed by atoms with Gasteiger partial charge in [0.2, 0.25) is 11.8 Å². The highest BCUT2D eigenvalue weighted by molar-refractivity contribution is 5.82. The third kappa shape index (κ3) is 4.41. The molecule has 2 fully saturated rings. The number of aromatic nitrogens is 3. The minimum atomic E-state index is -0.421. The van der Waals surface area contributed by atoms with E-state index in [1.54, 1.807) is 0 Å². The second kappa shape index (κ2) is 8.62. The maximum Gasteiger partial charge on any atom is 0.223 e. The van der Waals surface area contributed by atoms with Gasteiger partial charge in [-0.3, -0.25) is 14.5 Å². The second-order valence-corrected chi connectivity index (χ2v) is 7.32. The molecule has 0 radical (unpaired) electrons. The van der Waals surface area contributed by atoms with Gasteiger partial charge in [0.1, 0.15) is 11.6 Å². The van der Waals surface area contributed by atoms with Crippen LogP contribution >= 0.6 is 0 Å². The monoisotopic (exact) mass is 362 g/mol. The van der Waals surface area contributed by atoms with Crippen LogP contribution in [0.25, 0.3) is 0 Å². The van der Waals surface area contributed by atoms with Gasteiger partial charge in [-0.1, -0.05) is 0 Å². The van der Waals surface area contributed by atoms with Gasteiger partial charge in [0.15, 0.2) is 0 Å². The van der Waals surface area contributed by atoms with Crippen molar-refractivity contribution >= 4 is 11.8 Å². The third-order valence-electron chi connectivity index (χ3n) is 5.53. The molecule has 0 atom stereocenters. The molecule has 1 aromatic rings. The zero-order valence-corrected chi connectivity index (χ0v) is 15.7. The fourth-order valence-corrected chi connectivity index (χ4v) is 4.03. The van der Waals surface area contributed by atoms with E-state index in [9.17, 15) is 9.59 Å². The van der Waals surface area contributed by atoms with E-state index in [2.05, 4.69) is 26.6 Å². The summed E-state index contributed by atoms with van der Waals surface area (Å²) < 4.78 is 2.26. The van der Waals surface area contributed by atoms with Crippen molar-refractivity contribution in [3.05, 3.63) is 11.6 Å². The van der Waals surface area contributed by atoms with Gasteiger partial charge < -0.3 is 15.2 Å². The molecule has 2 aliphatic heterocycles. The first-order valence-electron chi connectivity index (χ1n) is 9.79. The van der Waals surface area contributed by atoms with E-state index in [0.29, 0.717) is 19.0 Å². The Kier molecular flexibility index (Phi) is 6.24. The largest absolute Gasteiger partial charge is 0.370 e. The molecule has 0 bridgehead atoms. The van der Waals surface area contributed by atoms with Gasteiger partial charge in [-0.25, -0.2) is 0 Å². The summed E-state index contributed by atoms with van der Waals surface area (Å²) in [6.07, 6.45) is 4.67. The first-order chi connectivity index (χ1) is 12.6. The van der Waals surface area contributed by atoms with E-state index in [0.717, 1.165) is 50.7 Å². The number of hydrogen-bond donors (Lipinski definition) is 1. The number of piperidine rings is 1. The van der Waals surface area contributed by atoms with Gasteiger partial charge in [-0.15, -0.1) is 10.2 Å². The average Bonchev–Trinajstić information content (AvgIpc) is 3.29. The Morgan fingerprint density at radius 1 is 1.08 bits per heavy atom. The van der Waals surface area contributed by atoms with Crippen LogP contribution in [0, 0.1) is 0 Å². The van der Waals surface area contributed by atoms with Crippen LogP contribution in [0.3, 0.4) is 0 Å². The lowest BCUT2D eigenvalue weighted by molar-refractivity contribution is -0.134. The zero-order chi connectivity index (χ0) is 18.5. The van der Waals surface area contributed by atoms with Crippen LogP contribution in [0.1, 0.15) is 63.0 Å². The normalized spacial score (nSPS) is 19.2.